The molecule has 21 heavy (non-hydrogen) atoms. The Hall–Kier alpha value is -0.900. The molecule has 1 aromatic carbocycles. The van der Waals surface area contributed by atoms with Gasteiger partial charge in [0.25, 0.3) is 0 Å². The van der Waals surface area contributed by atoms with E-state index in [2.05, 4.69) is 44.4 Å². The highest BCUT2D eigenvalue weighted by Gasteiger charge is 2.43. The van der Waals surface area contributed by atoms with Crippen LogP contribution in [-0.4, -0.2) is 32.5 Å². The quantitative estimate of drug-likeness (QED) is 0.927. The van der Waals surface area contributed by atoms with Crippen molar-refractivity contribution in [3.63, 3.8) is 0 Å². The van der Waals surface area contributed by atoms with E-state index in [9.17, 15) is 0 Å². The van der Waals surface area contributed by atoms with Crippen LogP contribution < -0.4 is 5.32 Å². The molecule has 3 atom stereocenters. The van der Waals surface area contributed by atoms with Crippen molar-refractivity contribution in [2.24, 2.45) is 5.92 Å². The van der Waals surface area contributed by atoms with Gasteiger partial charge in [-0.25, -0.2) is 0 Å². The Kier molecular flexibility index (Phi) is 4.34. The topological polar surface area (TPSA) is 30.5 Å². The van der Waals surface area contributed by atoms with Crippen molar-refractivity contribution in [2.45, 2.75) is 44.8 Å². The molecule has 3 rings (SSSR count). The Labute approximate surface area is 128 Å². The Bertz CT molecular complexity index is 474. The van der Waals surface area contributed by atoms with Gasteiger partial charge in [0.1, 0.15) is 0 Å². The van der Waals surface area contributed by atoms with Gasteiger partial charge in [0.15, 0.2) is 0 Å². The molecule has 2 saturated heterocycles. The first-order chi connectivity index (χ1) is 10.2. The van der Waals surface area contributed by atoms with E-state index in [1.165, 1.54) is 16.7 Å². The summed E-state index contributed by atoms with van der Waals surface area (Å²) < 4.78 is 11.7. The van der Waals surface area contributed by atoms with Crippen LogP contribution in [0.15, 0.2) is 18.2 Å². The molecule has 0 aliphatic carbocycles. The predicted octanol–water partition coefficient (Wildman–Crippen LogP) is 3.15. The molecule has 2 aliphatic rings. The van der Waals surface area contributed by atoms with Crippen LogP contribution in [0.5, 0.6) is 0 Å². The van der Waals surface area contributed by atoms with Gasteiger partial charge in [-0.3, -0.25) is 0 Å². The monoisotopic (exact) mass is 289 g/mol. The Morgan fingerprint density at radius 1 is 1.24 bits per heavy atom. The van der Waals surface area contributed by atoms with Crippen molar-refractivity contribution < 1.29 is 9.47 Å². The van der Waals surface area contributed by atoms with E-state index in [1.54, 1.807) is 0 Å². The second-order valence-electron chi connectivity index (χ2n) is 6.66. The van der Waals surface area contributed by atoms with Crippen LogP contribution in [-0.2, 0) is 9.47 Å². The first-order valence-electron chi connectivity index (χ1n) is 8.10. The molecule has 0 saturated carbocycles. The van der Waals surface area contributed by atoms with Crippen LogP contribution >= 0.6 is 0 Å². The molecule has 3 heteroatoms. The highest BCUT2D eigenvalue weighted by Crippen LogP contribution is 2.42. The number of nitrogens with one attached hydrogen (secondary N) is 1. The van der Waals surface area contributed by atoms with Crippen LogP contribution in [0, 0.1) is 19.8 Å². The Morgan fingerprint density at radius 3 is 2.62 bits per heavy atom. The standard InChI is InChI=1S/C18H27NO2/c1-13-5-4-6-14(2)16(13)17(19-3)15-7-9-21-18(11-15)8-10-20-12-18/h4-6,15,17,19H,7-12H2,1-3H3. The zero-order valence-corrected chi connectivity index (χ0v) is 13.4. The van der Waals surface area contributed by atoms with E-state index in [0.29, 0.717) is 12.0 Å². The van der Waals surface area contributed by atoms with Crippen LogP contribution in [0.1, 0.15) is 42.0 Å². The third-order valence-corrected chi connectivity index (χ3v) is 5.23. The maximum atomic E-state index is 6.09. The fourth-order valence-electron chi connectivity index (χ4n) is 4.15. The van der Waals surface area contributed by atoms with E-state index in [0.717, 1.165) is 39.1 Å². The minimum absolute atomic E-state index is 0.0192. The van der Waals surface area contributed by atoms with Gasteiger partial charge in [0.2, 0.25) is 0 Å². The van der Waals surface area contributed by atoms with E-state index in [4.69, 9.17) is 9.47 Å². The number of rotatable bonds is 3. The van der Waals surface area contributed by atoms with E-state index >= 15 is 0 Å². The minimum atomic E-state index is -0.0192. The summed E-state index contributed by atoms with van der Waals surface area (Å²) in [4.78, 5) is 0. The molecule has 2 heterocycles. The number of aryl methyl sites for hydroxylation is 2. The Balaban J connectivity index is 1.86. The third kappa shape index (κ3) is 2.87. The molecule has 2 fully saturated rings. The first kappa shape index (κ1) is 15.0. The van der Waals surface area contributed by atoms with Crippen molar-refractivity contribution in [3.05, 3.63) is 34.9 Å². The van der Waals surface area contributed by atoms with Gasteiger partial charge in [-0.05, 0) is 56.3 Å². The minimum Gasteiger partial charge on any atom is -0.378 e. The summed E-state index contributed by atoms with van der Waals surface area (Å²) in [5, 5.41) is 3.58. The summed E-state index contributed by atoms with van der Waals surface area (Å²) in [6.07, 6.45) is 3.28. The van der Waals surface area contributed by atoms with Gasteiger partial charge >= 0.3 is 0 Å². The lowest BCUT2D eigenvalue weighted by Crippen LogP contribution is -2.44. The highest BCUT2D eigenvalue weighted by atomic mass is 16.6. The number of benzene rings is 1. The molecule has 3 unspecified atom stereocenters. The summed E-state index contributed by atoms with van der Waals surface area (Å²) in [5.74, 6) is 0.616. The predicted molar refractivity (Wildman–Crippen MR) is 84.6 cm³/mol. The first-order valence-corrected chi connectivity index (χ1v) is 8.10. The number of hydrogen-bond acceptors (Lipinski definition) is 3. The van der Waals surface area contributed by atoms with Gasteiger partial charge in [-0.1, -0.05) is 18.2 Å². The molecule has 0 amide bonds. The largest absolute Gasteiger partial charge is 0.378 e. The summed E-state index contributed by atoms with van der Waals surface area (Å²) in [7, 11) is 2.09. The molecule has 0 radical (unpaired) electrons. The summed E-state index contributed by atoms with van der Waals surface area (Å²) in [5.41, 5.74) is 4.23. The summed E-state index contributed by atoms with van der Waals surface area (Å²) in [6.45, 7) is 6.92. The lowest BCUT2D eigenvalue weighted by Gasteiger charge is -2.41. The van der Waals surface area contributed by atoms with Crippen LogP contribution in [0.25, 0.3) is 0 Å². The van der Waals surface area contributed by atoms with Crippen LogP contribution in [0.3, 0.4) is 0 Å². The van der Waals surface area contributed by atoms with Gasteiger partial charge in [0.05, 0.1) is 12.2 Å². The lowest BCUT2D eigenvalue weighted by molar-refractivity contribution is -0.103. The smallest absolute Gasteiger partial charge is 0.0940 e. The molecule has 0 bridgehead atoms. The molecule has 2 aliphatic heterocycles. The van der Waals surface area contributed by atoms with Crippen LogP contribution in [0.4, 0.5) is 0 Å². The summed E-state index contributed by atoms with van der Waals surface area (Å²) in [6, 6.07) is 7.01. The van der Waals surface area contributed by atoms with Crippen molar-refractivity contribution in [1.29, 1.82) is 0 Å². The molecule has 0 aromatic heterocycles. The maximum absolute atomic E-state index is 6.09. The van der Waals surface area contributed by atoms with Gasteiger partial charge in [0, 0.05) is 25.7 Å². The van der Waals surface area contributed by atoms with E-state index < -0.39 is 0 Å². The van der Waals surface area contributed by atoms with E-state index in [-0.39, 0.29) is 5.60 Å². The molecule has 1 N–H and O–H groups in total. The van der Waals surface area contributed by atoms with Gasteiger partial charge in [-0.2, -0.15) is 0 Å². The third-order valence-electron chi connectivity index (χ3n) is 5.23. The average Bonchev–Trinajstić information content (AvgIpc) is 2.91. The molecular formula is C18H27NO2. The maximum Gasteiger partial charge on any atom is 0.0940 e. The molecule has 1 aromatic rings. The lowest BCUT2D eigenvalue weighted by atomic mass is 9.77. The molecule has 116 valence electrons. The van der Waals surface area contributed by atoms with Gasteiger partial charge < -0.3 is 14.8 Å². The molecule has 3 nitrogen and oxygen atoms in total. The number of ether oxygens (including phenoxy) is 2. The SMILES string of the molecule is CNC(c1c(C)cccc1C)C1CCOC2(CCOC2)C1. The zero-order chi connectivity index (χ0) is 14.9. The fourth-order valence-corrected chi connectivity index (χ4v) is 4.15. The fraction of sp³-hybridized carbons (Fsp3) is 0.667. The van der Waals surface area contributed by atoms with Crippen molar-refractivity contribution >= 4 is 0 Å². The van der Waals surface area contributed by atoms with Crippen LogP contribution in [0.2, 0.25) is 0 Å². The average molecular weight is 289 g/mol. The van der Waals surface area contributed by atoms with Crippen molar-refractivity contribution in [2.75, 3.05) is 26.9 Å². The number of hydrogen-bond donors (Lipinski definition) is 1. The second-order valence-corrected chi connectivity index (χ2v) is 6.66. The second kappa shape index (κ2) is 6.07. The summed E-state index contributed by atoms with van der Waals surface area (Å²) >= 11 is 0. The normalized spacial score (nSPS) is 30.7. The zero-order valence-electron chi connectivity index (χ0n) is 13.4. The van der Waals surface area contributed by atoms with Crippen molar-refractivity contribution in [3.8, 4) is 0 Å². The Morgan fingerprint density at radius 2 is 2.00 bits per heavy atom. The van der Waals surface area contributed by atoms with Crippen molar-refractivity contribution in [1.82, 2.24) is 5.32 Å². The molecule has 1 spiro atoms. The van der Waals surface area contributed by atoms with E-state index in [1.807, 2.05) is 0 Å². The van der Waals surface area contributed by atoms with Gasteiger partial charge in [-0.15, -0.1) is 0 Å². The highest BCUT2D eigenvalue weighted by molar-refractivity contribution is 5.36. The molecular weight excluding hydrogens is 262 g/mol.